The Hall–Kier alpha value is -4.64. The van der Waals surface area contributed by atoms with E-state index >= 15 is 0 Å². The van der Waals surface area contributed by atoms with Gasteiger partial charge in [0.1, 0.15) is 11.5 Å². The van der Waals surface area contributed by atoms with E-state index in [2.05, 4.69) is 29.6 Å². The first-order chi connectivity index (χ1) is 18.0. The zero-order valence-electron chi connectivity index (χ0n) is 20.9. The number of carbonyl (C=O) groups excluding carboxylic acids is 2. The van der Waals surface area contributed by atoms with E-state index in [1.807, 2.05) is 72.8 Å². The van der Waals surface area contributed by atoms with Crippen molar-refractivity contribution in [2.45, 2.75) is 19.9 Å². The molecule has 0 aliphatic carbocycles. The number of hydrogen-bond acceptors (Lipinski definition) is 4. The Morgan fingerprint density at radius 1 is 0.757 bits per heavy atom. The SMILES string of the molecule is COc1ccc(CC(=O)NCc2ccccc2-c2ccccc2/C=C/c2ccc(OC(C)=O)cc2)cc1. The lowest BCUT2D eigenvalue weighted by atomic mass is 9.94. The van der Waals surface area contributed by atoms with Crippen molar-refractivity contribution >= 4 is 24.0 Å². The van der Waals surface area contributed by atoms with Crippen LogP contribution in [0.25, 0.3) is 23.3 Å². The van der Waals surface area contributed by atoms with Gasteiger partial charge >= 0.3 is 5.97 Å². The van der Waals surface area contributed by atoms with Crippen LogP contribution in [0.4, 0.5) is 0 Å². The van der Waals surface area contributed by atoms with Gasteiger partial charge in [0, 0.05) is 13.5 Å². The Morgan fingerprint density at radius 3 is 2.11 bits per heavy atom. The lowest BCUT2D eigenvalue weighted by Crippen LogP contribution is -2.24. The molecule has 186 valence electrons. The van der Waals surface area contributed by atoms with Gasteiger partial charge in [-0.05, 0) is 57.6 Å². The molecule has 0 saturated heterocycles. The Kier molecular flexibility index (Phi) is 8.50. The second-order valence-electron chi connectivity index (χ2n) is 8.54. The van der Waals surface area contributed by atoms with Crippen LogP contribution in [-0.2, 0) is 22.6 Å². The average Bonchev–Trinajstić information content (AvgIpc) is 2.92. The van der Waals surface area contributed by atoms with Gasteiger partial charge in [-0.3, -0.25) is 9.59 Å². The maximum Gasteiger partial charge on any atom is 0.308 e. The van der Waals surface area contributed by atoms with E-state index in [-0.39, 0.29) is 11.9 Å². The van der Waals surface area contributed by atoms with Crippen molar-refractivity contribution in [3.05, 3.63) is 119 Å². The van der Waals surface area contributed by atoms with E-state index in [0.717, 1.165) is 39.1 Å². The molecule has 4 aromatic rings. The zero-order chi connectivity index (χ0) is 26.0. The highest BCUT2D eigenvalue weighted by Crippen LogP contribution is 2.29. The molecule has 0 spiro atoms. The summed E-state index contributed by atoms with van der Waals surface area (Å²) >= 11 is 0. The molecule has 1 N–H and O–H groups in total. The zero-order valence-corrected chi connectivity index (χ0v) is 20.9. The van der Waals surface area contributed by atoms with E-state index in [4.69, 9.17) is 9.47 Å². The molecule has 37 heavy (non-hydrogen) atoms. The monoisotopic (exact) mass is 491 g/mol. The number of benzene rings is 4. The molecule has 5 nitrogen and oxygen atoms in total. The van der Waals surface area contributed by atoms with Crippen LogP contribution >= 0.6 is 0 Å². The van der Waals surface area contributed by atoms with Crippen molar-refractivity contribution in [1.82, 2.24) is 5.32 Å². The van der Waals surface area contributed by atoms with Crippen LogP contribution in [0.2, 0.25) is 0 Å². The third kappa shape index (κ3) is 7.18. The normalized spacial score (nSPS) is 10.8. The van der Waals surface area contributed by atoms with Crippen LogP contribution in [0.1, 0.15) is 29.2 Å². The van der Waals surface area contributed by atoms with Gasteiger partial charge in [-0.2, -0.15) is 0 Å². The fourth-order valence-corrected chi connectivity index (χ4v) is 4.01. The maximum absolute atomic E-state index is 12.6. The number of nitrogens with one attached hydrogen (secondary N) is 1. The van der Waals surface area contributed by atoms with Gasteiger partial charge in [-0.25, -0.2) is 0 Å². The molecule has 0 unspecified atom stereocenters. The highest BCUT2D eigenvalue weighted by molar-refractivity contribution is 5.83. The first-order valence-electron chi connectivity index (χ1n) is 12.1. The Labute approximate surface area is 217 Å². The summed E-state index contributed by atoms with van der Waals surface area (Å²) in [5, 5.41) is 3.06. The van der Waals surface area contributed by atoms with Gasteiger partial charge in [0.2, 0.25) is 5.91 Å². The molecule has 4 aromatic carbocycles. The molecule has 0 saturated carbocycles. The number of carbonyl (C=O) groups is 2. The lowest BCUT2D eigenvalue weighted by Gasteiger charge is -2.13. The first kappa shape index (κ1) is 25.5. The molecule has 1 amide bonds. The van der Waals surface area contributed by atoms with Crippen molar-refractivity contribution in [3.63, 3.8) is 0 Å². The van der Waals surface area contributed by atoms with E-state index in [1.54, 1.807) is 19.2 Å². The standard InChI is InChI=1S/C32H29NO4/c1-23(34)37-29-19-12-24(13-20-29)11-16-26-7-3-5-9-30(26)31-10-6-4-8-27(31)22-33-32(35)21-25-14-17-28(36-2)18-15-25/h3-20H,21-22H2,1-2H3,(H,33,35)/b16-11+. The van der Waals surface area contributed by atoms with Crippen molar-refractivity contribution in [1.29, 1.82) is 0 Å². The predicted octanol–water partition coefficient (Wildman–Crippen LogP) is 6.32. The summed E-state index contributed by atoms with van der Waals surface area (Å²) in [6.45, 7) is 1.82. The minimum absolute atomic E-state index is 0.0367. The molecule has 0 aliphatic rings. The van der Waals surface area contributed by atoms with Gasteiger partial charge in [-0.15, -0.1) is 0 Å². The maximum atomic E-state index is 12.6. The van der Waals surface area contributed by atoms with Crippen LogP contribution in [0.3, 0.4) is 0 Å². The van der Waals surface area contributed by atoms with Gasteiger partial charge in [0.05, 0.1) is 13.5 Å². The Bertz CT molecular complexity index is 1390. The Balaban J connectivity index is 1.48. The summed E-state index contributed by atoms with van der Waals surface area (Å²) in [5.74, 6) is 0.913. The summed E-state index contributed by atoms with van der Waals surface area (Å²) in [7, 11) is 1.62. The summed E-state index contributed by atoms with van der Waals surface area (Å²) in [6, 6.07) is 31.2. The summed E-state index contributed by atoms with van der Waals surface area (Å²) in [5.41, 5.74) is 6.17. The molecule has 0 bridgehead atoms. The smallest absolute Gasteiger partial charge is 0.308 e. The highest BCUT2D eigenvalue weighted by Gasteiger charge is 2.10. The van der Waals surface area contributed by atoms with E-state index in [9.17, 15) is 9.59 Å². The highest BCUT2D eigenvalue weighted by atomic mass is 16.5. The van der Waals surface area contributed by atoms with Gasteiger partial charge in [0.15, 0.2) is 0 Å². The van der Waals surface area contributed by atoms with Crippen LogP contribution in [0, 0.1) is 0 Å². The minimum Gasteiger partial charge on any atom is -0.497 e. The average molecular weight is 492 g/mol. The van der Waals surface area contributed by atoms with Crippen LogP contribution in [0.5, 0.6) is 11.5 Å². The summed E-state index contributed by atoms with van der Waals surface area (Å²) < 4.78 is 10.3. The first-order valence-corrected chi connectivity index (χ1v) is 12.1. The molecule has 0 heterocycles. The number of rotatable bonds is 9. The fourth-order valence-electron chi connectivity index (χ4n) is 4.01. The number of ether oxygens (including phenoxy) is 2. The fraction of sp³-hybridized carbons (Fsp3) is 0.125. The second-order valence-corrected chi connectivity index (χ2v) is 8.54. The number of methoxy groups -OCH3 is 1. The molecule has 0 aliphatic heterocycles. The molecule has 5 heteroatoms. The van der Waals surface area contributed by atoms with E-state index < -0.39 is 0 Å². The van der Waals surface area contributed by atoms with E-state index in [1.165, 1.54) is 6.92 Å². The molecule has 0 fully saturated rings. The molecule has 0 aromatic heterocycles. The predicted molar refractivity (Wildman–Crippen MR) is 147 cm³/mol. The quantitative estimate of drug-likeness (QED) is 0.169. The minimum atomic E-state index is -0.340. The molecule has 0 radical (unpaired) electrons. The van der Waals surface area contributed by atoms with Gasteiger partial charge < -0.3 is 14.8 Å². The largest absolute Gasteiger partial charge is 0.497 e. The second kappa shape index (κ2) is 12.4. The van der Waals surface area contributed by atoms with Crippen molar-refractivity contribution in [2.75, 3.05) is 7.11 Å². The van der Waals surface area contributed by atoms with Gasteiger partial charge in [0.25, 0.3) is 0 Å². The third-order valence-corrected chi connectivity index (χ3v) is 5.87. The molecular formula is C32H29NO4. The number of amides is 1. The third-order valence-electron chi connectivity index (χ3n) is 5.87. The van der Waals surface area contributed by atoms with Crippen molar-refractivity contribution in [2.24, 2.45) is 0 Å². The van der Waals surface area contributed by atoms with Crippen molar-refractivity contribution < 1.29 is 19.1 Å². The van der Waals surface area contributed by atoms with E-state index in [0.29, 0.717) is 18.7 Å². The molecule has 4 rings (SSSR count). The number of esters is 1. The molecule has 0 atom stereocenters. The van der Waals surface area contributed by atoms with Crippen LogP contribution in [0.15, 0.2) is 97.1 Å². The van der Waals surface area contributed by atoms with Crippen molar-refractivity contribution in [3.8, 4) is 22.6 Å². The van der Waals surface area contributed by atoms with Crippen LogP contribution in [-0.4, -0.2) is 19.0 Å². The number of hydrogen-bond donors (Lipinski definition) is 1. The molecular weight excluding hydrogens is 462 g/mol. The summed E-state index contributed by atoms with van der Waals surface area (Å²) in [4.78, 5) is 23.7. The van der Waals surface area contributed by atoms with Gasteiger partial charge in [-0.1, -0.05) is 84.9 Å². The Morgan fingerprint density at radius 2 is 1.41 bits per heavy atom. The van der Waals surface area contributed by atoms with Crippen LogP contribution < -0.4 is 14.8 Å². The lowest BCUT2D eigenvalue weighted by molar-refractivity contribution is -0.131. The summed E-state index contributed by atoms with van der Waals surface area (Å²) in [6.07, 6.45) is 4.40. The topological polar surface area (TPSA) is 64.6 Å².